The molecule has 0 atom stereocenters. The van der Waals surface area contributed by atoms with Crippen molar-refractivity contribution in [3.05, 3.63) is 194 Å². The van der Waals surface area contributed by atoms with Gasteiger partial charge in [-0.1, -0.05) is 115 Å². The van der Waals surface area contributed by atoms with Crippen molar-refractivity contribution in [2.45, 2.75) is 0 Å². The highest BCUT2D eigenvalue weighted by Crippen LogP contribution is 2.40. The van der Waals surface area contributed by atoms with Crippen LogP contribution in [0.2, 0.25) is 0 Å². The quantitative estimate of drug-likeness (QED) is 0.177. The third-order valence-corrected chi connectivity index (χ3v) is 11.4. The highest BCUT2D eigenvalue weighted by molar-refractivity contribution is 6.13. The molecule has 0 fully saturated rings. The SMILES string of the molecule is c1ccc(-c2nc(-c3ccc(-n4c5ccccc5c5cc(-c6ccc7c(c6)c6ccccc6n7-c6ccccc6)ccc54)cc3)nc3oc4ccccc4c23)cc1. The molecule has 0 N–H and O–H groups in total. The van der Waals surface area contributed by atoms with Gasteiger partial charge < -0.3 is 13.6 Å². The fourth-order valence-electron chi connectivity index (χ4n) is 8.76. The molecule has 0 saturated carbocycles. The van der Waals surface area contributed by atoms with Crippen LogP contribution in [0.4, 0.5) is 0 Å². The summed E-state index contributed by atoms with van der Waals surface area (Å²) in [4.78, 5) is 10.1. The molecule has 0 saturated heterocycles. The number of rotatable bonds is 5. The van der Waals surface area contributed by atoms with E-state index in [-0.39, 0.29) is 0 Å². The molecule has 5 nitrogen and oxygen atoms in total. The Hall–Kier alpha value is -7.76. The molecule has 0 aliphatic carbocycles. The second kappa shape index (κ2) is 12.4. The first kappa shape index (κ1) is 31.6. The number of nitrogens with zero attached hydrogens (tertiary/aromatic N) is 4. The molecule has 12 aromatic rings. The lowest BCUT2D eigenvalue weighted by molar-refractivity contribution is 0.653. The van der Waals surface area contributed by atoms with Crippen LogP contribution < -0.4 is 0 Å². The van der Waals surface area contributed by atoms with Gasteiger partial charge in [0, 0.05) is 49.4 Å². The first-order valence-corrected chi connectivity index (χ1v) is 19.2. The second-order valence-corrected chi connectivity index (χ2v) is 14.6. The summed E-state index contributed by atoms with van der Waals surface area (Å²) in [6.45, 7) is 0. The van der Waals surface area contributed by atoms with Gasteiger partial charge >= 0.3 is 0 Å². The van der Waals surface area contributed by atoms with Gasteiger partial charge in [-0.3, -0.25) is 0 Å². The van der Waals surface area contributed by atoms with Crippen LogP contribution in [0.15, 0.2) is 199 Å². The molecule has 0 aliphatic heterocycles. The van der Waals surface area contributed by atoms with Gasteiger partial charge in [0.1, 0.15) is 5.58 Å². The van der Waals surface area contributed by atoms with Crippen LogP contribution in [0.1, 0.15) is 0 Å². The van der Waals surface area contributed by atoms with Crippen molar-refractivity contribution in [2.24, 2.45) is 0 Å². The van der Waals surface area contributed by atoms with Gasteiger partial charge in [-0.2, -0.15) is 4.98 Å². The first-order valence-electron chi connectivity index (χ1n) is 19.2. The van der Waals surface area contributed by atoms with Crippen molar-refractivity contribution in [1.82, 2.24) is 19.1 Å². The van der Waals surface area contributed by atoms with Gasteiger partial charge in [0.15, 0.2) is 5.82 Å². The smallest absolute Gasteiger partial charge is 0.231 e. The average Bonchev–Trinajstić information content (AvgIpc) is 3.94. The number of aromatic nitrogens is 4. The van der Waals surface area contributed by atoms with Crippen molar-refractivity contribution in [3.63, 3.8) is 0 Å². The van der Waals surface area contributed by atoms with E-state index in [0.29, 0.717) is 11.5 Å². The molecule has 0 radical (unpaired) electrons. The fraction of sp³-hybridized carbons (Fsp3) is 0. The van der Waals surface area contributed by atoms with E-state index in [9.17, 15) is 0 Å². The topological polar surface area (TPSA) is 48.8 Å². The summed E-state index contributed by atoms with van der Waals surface area (Å²) in [5, 5.41) is 6.86. The Bertz CT molecular complexity index is 3500. The monoisotopic (exact) mass is 728 g/mol. The summed E-state index contributed by atoms with van der Waals surface area (Å²) < 4.78 is 11.0. The van der Waals surface area contributed by atoms with Gasteiger partial charge in [0.2, 0.25) is 5.71 Å². The molecule has 8 aromatic carbocycles. The molecular weight excluding hydrogens is 697 g/mol. The minimum atomic E-state index is 0.587. The number of fused-ring (bicyclic) bond motifs is 9. The molecule has 0 unspecified atom stereocenters. The van der Waals surface area contributed by atoms with Crippen molar-refractivity contribution in [3.8, 4) is 45.1 Å². The Morgan fingerprint density at radius 3 is 1.47 bits per heavy atom. The third-order valence-electron chi connectivity index (χ3n) is 11.4. The predicted octanol–water partition coefficient (Wildman–Crippen LogP) is 13.6. The van der Waals surface area contributed by atoms with E-state index >= 15 is 0 Å². The highest BCUT2D eigenvalue weighted by atomic mass is 16.3. The van der Waals surface area contributed by atoms with Crippen LogP contribution in [-0.4, -0.2) is 19.1 Å². The van der Waals surface area contributed by atoms with Gasteiger partial charge in [0.05, 0.1) is 33.1 Å². The third kappa shape index (κ3) is 4.89. The van der Waals surface area contributed by atoms with Crippen LogP contribution in [0, 0.1) is 0 Å². The summed E-state index contributed by atoms with van der Waals surface area (Å²) >= 11 is 0. The van der Waals surface area contributed by atoms with Crippen molar-refractivity contribution in [2.75, 3.05) is 0 Å². The van der Waals surface area contributed by atoms with E-state index in [1.807, 2.05) is 36.4 Å². The van der Waals surface area contributed by atoms with Crippen LogP contribution >= 0.6 is 0 Å². The standard InChI is InChI=1S/C52H32N4O/c1-3-13-33(14-4-1)50-49-41-19-9-12-22-48(41)57-52(49)54-51(53-50)34-23-27-38(28-24-34)56-45-21-11-8-18-40(45)43-32-36(26-30-47(43)56)35-25-29-46-42(31-35)39-17-7-10-20-44(39)55(46)37-15-5-2-6-16-37/h1-32H. The Balaban J connectivity index is 0.969. The fourth-order valence-corrected chi connectivity index (χ4v) is 8.76. The lowest BCUT2D eigenvalue weighted by Crippen LogP contribution is -1.96. The molecule has 12 rings (SSSR count). The molecular formula is C52H32N4O. The summed E-state index contributed by atoms with van der Waals surface area (Å²) in [6, 6.07) is 68.7. The summed E-state index contributed by atoms with van der Waals surface area (Å²) in [5.41, 5.74) is 13.5. The maximum Gasteiger partial charge on any atom is 0.231 e. The number of furan rings is 1. The first-order chi connectivity index (χ1) is 28.3. The van der Waals surface area contributed by atoms with E-state index in [0.717, 1.165) is 55.6 Å². The van der Waals surface area contributed by atoms with Gasteiger partial charge in [-0.15, -0.1) is 0 Å². The van der Waals surface area contributed by atoms with E-state index in [1.54, 1.807) is 0 Å². The van der Waals surface area contributed by atoms with E-state index < -0.39 is 0 Å². The van der Waals surface area contributed by atoms with Crippen molar-refractivity contribution >= 4 is 65.7 Å². The minimum Gasteiger partial charge on any atom is -0.438 e. The normalized spacial score (nSPS) is 11.9. The average molecular weight is 729 g/mol. The van der Waals surface area contributed by atoms with Crippen LogP contribution in [0.5, 0.6) is 0 Å². The summed E-state index contributed by atoms with van der Waals surface area (Å²) in [5.74, 6) is 0.627. The van der Waals surface area contributed by atoms with E-state index in [2.05, 4.69) is 167 Å². The predicted molar refractivity (Wildman–Crippen MR) is 234 cm³/mol. The zero-order valence-electron chi connectivity index (χ0n) is 30.7. The van der Waals surface area contributed by atoms with Crippen LogP contribution in [-0.2, 0) is 0 Å². The molecule has 5 heteroatoms. The Labute approximate surface area is 327 Å². The van der Waals surface area contributed by atoms with Gasteiger partial charge in [-0.05, 0) is 90.0 Å². The Morgan fingerprint density at radius 2 is 0.842 bits per heavy atom. The van der Waals surface area contributed by atoms with Gasteiger partial charge in [0.25, 0.3) is 0 Å². The Morgan fingerprint density at radius 1 is 0.351 bits per heavy atom. The van der Waals surface area contributed by atoms with Crippen LogP contribution in [0.3, 0.4) is 0 Å². The number of benzene rings is 8. The lowest BCUT2D eigenvalue weighted by Gasteiger charge is -2.10. The molecule has 0 spiro atoms. The van der Waals surface area contributed by atoms with E-state index in [4.69, 9.17) is 14.4 Å². The largest absolute Gasteiger partial charge is 0.438 e. The zero-order chi connectivity index (χ0) is 37.5. The molecule has 4 aromatic heterocycles. The number of hydrogen-bond acceptors (Lipinski definition) is 3. The Kier molecular flexibility index (Phi) is 6.86. The zero-order valence-corrected chi connectivity index (χ0v) is 30.7. The van der Waals surface area contributed by atoms with E-state index in [1.165, 1.54) is 43.7 Å². The van der Waals surface area contributed by atoms with Crippen molar-refractivity contribution < 1.29 is 4.42 Å². The summed E-state index contributed by atoms with van der Waals surface area (Å²) in [6.07, 6.45) is 0. The molecule has 266 valence electrons. The molecule has 0 aliphatic rings. The highest BCUT2D eigenvalue weighted by Gasteiger charge is 2.19. The maximum absolute atomic E-state index is 6.30. The van der Waals surface area contributed by atoms with Crippen molar-refractivity contribution in [1.29, 1.82) is 0 Å². The molecule has 0 amide bonds. The maximum atomic E-state index is 6.30. The number of para-hydroxylation sites is 4. The number of hydrogen-bond donors (Lipinski definition) is 0. The lowest BCUT2D eigenvalue weighted by atomic mass is 10.0. The minimum absolute atomic E-state index is 0.587. The van der Waals surface area contributed by atoms with Crippen LogP contribution in [0.25, 0.3) is 111 Å². The molecule has 4 heterocycles. The summed E-state index contributed by atoms with van der Waals surface area (Å²) in [7, 11) is 0. The van der Waals surface area contributed by atoms with Gasteiger partial charge in [-0.25, -0.2) is 4.98 Å². The molecule has 57 heavy (non-hydrogen) atoms. The molecule has 0 bridgehead atoms. The second-order valence-electron chi connectivity index (χ2n) is 14.6.